The van der Waals surface area contributed by atoms with Gasteiger partial charge >= 0.3 is 0 Å². The van der Waals surface area contributed by atoms with E-state index in [0.717, 1.165) is 56.8 Å². The van der Waals surface area contributed by atoms with E-state index in [-0.39, 0.29) is 6.10 Å². The Hall–Kier alpha value is -2.85. The van der Waals surface area contributed by atoms with E-state index in [2.05, 4.69) is 79.5 Å². The Balaban J connectivity index is 1.19. The quantitative estimate of drug-likeness (QED) is 0.465. The Bertz CT molecular complexity index is 1060. The summed E-state index contributed by atoms with van der Waals surface area (Å²) in [4.78, 5) is 7.38. The standard InChI is InChI=1S/C29H34N2O2/c1-3-32-28-17-25-15-21(2)33-29(25)18-26(28)20-31-13-11-24(12-14-31)27-10-9-23(19-30-27)16-22-7-5-4-6-8-22/h4-10,17-19,21,24H,3,11-16,20H2,1-2H3/t21-/m0/s1. The van der Waals surface area contributed by atoms with Gasteiger partial charge in [-0.3, -0.25) is 9.88 Å². The van der Waals surface area contributed by atoms with E-state index in [1.165, 1.54) is 27.9 Å². The number of benzene rings is 2. The van der Waals surface area contributed by atoms with Crippen LogP contribution in [-0.2, 0) is 19.4 Å². The van der Waals surface area contributed by atoms with E-state index in [0.29, 0.717) is 12.5 Å². The van der Waals surface area contributed by atoms with E-state index in [1.54, 1.807) is 0 Å². The molecular formula is C29H34N2O2. The molecule has 2 aliphatic heterocycles. The van der Waals surface area contributed by atoms with Gasteiger partial charge in [-0.15, -0.1) is 0 Å². The number of nitrogens with zero attached hydrogens (tertiary/aromatic N) is 2. The average molecular weight is 443 g/mol. The Morgan fingerprint density at radius 2 is 1.85 bits per heavy atom. The molecule has 172 valence electrons. The highest BCUT2D eigenvalue weighted by Gasteiger charge is 2.25. The Morgan fingerprint density at radius 3 is 2.58 bits per heavy atom. The topological polar surface area (TPSA) is 34.6 Å². The summed E-state index contributed by atoms with van der Waals surface area (Å²) in [6.45, 7) is 7.95. The van der Waals surface area contributed by atoms with Crippen molar-refractivity contribution in [2.24, 2.45) is 0 Å². The fraction of sp³-hybridized carbons (Fsp3) is 0.414. The highest BCUT2D eigenvalue weighted by molar-refractivity contribution is 5.48. The Kier molecular flexibility index (Phi) is 6.63. The molecule has 33 heavy (non-hydrogen) atoms. The molecule has 5 rings (SSSR count). The number of hydrogen-bond donors (Lipinski definition) is 0. The normalized spacial score (nSPS) is 18.7. The molecule has 1 saturated heterocycles. The number of likely N-dealkylation sites (tertiary alicyclic amines) is 1. The third-order valence-corrected chi connectivity index (χ3v) is 6.88. The SMILES string of the molecule is CCOc1cc2c(cc1CN1CCC(c3ccc(Cc4ccccc4)cn3)CC1)O[C@@H](C)C2. The maximum atomic E-state index is 6.01. The zero-order valence-electron chi connectivity index (χ0n) is 19.8. The van der Waals surface area contributed by atoms with Gasteiger partial charge in [0, 0.05) is 41.9 Å². The second kappa shape index (κ2) is 9.96. The predicted octanol–water partition coefficient (Wildman–Crippen LogP) is 5.77. The lowest BCUT2D eigenvalue weighted by Gasteiger charge is -2.32. The summed E-state index contributed by atoms with van der Waals surface area (Å²) in [5, 5.41) is 0. The zero-order valence-corrected chi connectivity index (χ0v) is 19.8. The molecule has 0 saturated carbocycles. The Morgan fingerprint density at radius 1 is 1.03 bits per heavy atom. The van der Waals surface area contributed by atoms with Crippen molar-refractivity contribution < 1.29 is 9.47 Å². The van der Waals surface area contributed by atoms with E-state index >= 15 is 0 Å². The van der Waals surface area contributed by atoms with Gasteiger partial charge in [-0.1, -0.05) is 36.4 Å². The molecule has 2 aliphatic rings. The first-order valence-electron chi connectivity index (χ1n) is 12.3. The molecule has 0 spiro atoms. The van der Waals surface area contributed by atoms with Crippen molar-refractivity contribution in [3.63, 3.8) is 0 Å². The summed E-state index contributed by atoms with van der Waals surface area (Å²) in [7, 11) is 0. The van der Waals surface area contributed by atoms with Crippen LogP contribution in [0.25, 0.3) is 0 Å². The maximum Gasteiger partial charge on any atom is 0.124 e. The van der Waals surface area contributed by atoms with Crippen molar-refractivity contribution in [1.29, 1.82) is 0 Å². The molecule has 0 aliphatic carbocycles. The third-order valence-electron chi connectivity index (χ3n) is 6.88. The van der Waals surface area contributed by atoms with Gasteiger partial charge in [0.15, 0.2) is 0 Å². The lowest BCUT2D eigenvalue weighted by Crippen LogP contribution is -2.32. The van der Waals surface area contributed by atoms with Crippen LogP contribution in [0.1, 0.15) is 60.6 Å². The molecule has 4 nitrogen and oxygen atoms in total. The predicted molar refractivity (Wildman–Crippen MR) is 132 cm³/mol. The number of rotatable bonds is 7. The van der Waals surface area contributed by atoms with Gasteiger partial charge in [0.1, 0.15) is 17.6 Å². The fourth-order valence-electron chi connectivity index (χ4n) is 5.14. The molecule has 1 fully saturated rings. The van der Waals surface area contributed by atoms with Crippen LogP contribution >= 0.6 is 0 Å². The fourth-order valence-corrected chi connectivity index (χ4v) is 5.14. The summed E-state index contributed by atoms with van der Waals surface area (Å²) >= 11 is 0. The molecule has 1 aromatic heterocycles. The van der Waals surface area contributed by atoms with Crippen LogP contribution in [0, 0.1) is 0 Å². The molecule has 0 radical (unpaired) electrons. The first-order chi connectivity index (χ1) is 16.2. The van der Waals surface area contributed by atoms with Crippen LogP contribution < -0.4 is 9.47 Å². The van der Waals surface area contributed by atoms with E-state index in [4.69, 9.17) is 14.5 Å². The van der Waals surface area contributed by atoms with Crippen LogP contribution in [0.15, 0.2) is 60.8 Å². The minimum absolute atomic E-state index is 0.257. The molecule has 0 N–H and O–H groups in total. The number of piperidine rings is 1. The second-order valence-electron chi connectivity index (χ2n) is 9.44. The molecule has 2 aromatic carbocycles. The van der Waals surface area contributed by atoms with Crippen LogP contribution in [0.3, 0.4) is 0 Å². The number of aromatic nitrogens is 1. The van der Waals surface area contributed by atoms with Gasteiger partial charge in [-0.25, -0.2) is 0 Å². The summed E-state index contributed by atoms with van der Waals surface area (Å²) < 4.78 is 12.0. The highest BCUT2D eigenvalue weighted by atomic mass is 16.5. The molecule has 1 atom stereocenters. The average Bonchev–Trinajstić information content (AvgIpc) is 3.20. The molecule has 3 heterocycles. The largest absolute Gasteiger partial charge is 0.494 e. The van der Waals surface area contributed by atoms with Crippen LogP contribution in [0.2, 0.25) is 0 Å². The number of ether oxygens (including phenoxy) is 2. The molecule has 0 bridgehead atoms. The monoisotopic (exact) mass is 442 g/mol. The van der Waals surface area contributed by atoms with Crippen molar-refractivity contribution in [2.45, 2.75) is 58.1 Å². The van der Waals surface area contributed by atoms with Crippen LogP contribution in [0.5, 0.6) is 11.5 Å². The number of fused-ring (bicyclic) bond motifs is 1. The van der Waals surface area contributed by atoms with Gasteiger partial charge < -0.3 is 9.47 Å². The minimum Gasteiger partial charge on any atom is -0.494 e. The number of hydrogen-bond acceptors (Lipinski definition) is 4. The van der Waals surface area contributed by atoms with Crippen molar-refractivity contribution in [3.8, 4) is 11.5 Å². The molecular weight excluding hydrogens is 408 g/mol. The minimum atomic E-state index is 0.257. The highest BCUT2D eigenvalue weighted by Crippen LogP contribution is 2.36. The van der Waals surface area contributed by atoms with Gasteiger partial charge in [-0.2, -0.15) is 0 Å². The zero-order chi connectivity index (χ0) is 22.6. The first-order valence-corrected chi connectivity index (χ1v) is 12.3. The van der Waals surface area contributed by atoms with Gasteiger partial charge in [-0.05, 0) is 75.5 Å². The lowest BCUT2D eigenvalue weighted by molar-refractivity contribution is 0.199. The van der Waals surface area contributed by atoms with Gasteiger partial charge in [0.25, 0.3) is 0 Å². The Labute approximate surface area is 197 Å². The van der Waals surface area contributed by atoms with Crippen molar-refractivity contribution >= 4 is 0 Å². The smallest absolute Gasteiger partial charge is 0.124 e. The summed E-state index contributed by atoms with van der Waals surface area (Å²) in [6.07, 6.45) is 6.53. The van der Waals surface area contributed by atoms with Crippen LogP contribution in [0.4, 0.5) is 0 Å². The van der Waals surface area contributed by atoms with Crippen LogP contribution in [-0.4, -0.2) is 35.7 Å². The molecule has 0 amide bonds. The van der Waals surface area contributed by atoms with Crippen molar-refractivity contribution in [1.82, 2.24) is 9.88 Å². The van der Waals surface area contributed by atoms with Gasteiger partial charge in [0.05, 0.1) is 6.61 Å². The third kappa shape index (κ3) is 5.22. The van der Waals surface area contributed by atoms with E-state index < -0.39 is 0 Å². The van der Waals surface area contributed by atoms with E-state index in [9.17, 15) is 0 Å². The molecule has 4 heteroatoms. The van der Waals surface area contributed by atoms with Crippen molar-refractivity contribution in [3.05, 3.63) is 88.7 Å². The molecule has 3 aromatic rings. The summed E-state index contributed by atoms with van der Waals surface area (Å²) in [5.74, 6) is 2.60. The van der Waals surface area contributed by atoms with E-state index in [1.807, 2.05) is 0 Å². The summed E-state index contributed by atoms with van der Waals surface area (Å²) in [5.41, 5.74) is 6.36. The lowest BCUT2D eigenvalue weighted by atomic mass is 9.92. The van der Waals surface area contributed by atoms with Gasteiger partial charge in [0.2, 0.25) is 0 Å². The van der Waals surface area contributed by atoms with Crippen molar-refractivity contribution in [2.75, 3.05) is 19.7 Å². The summed E-state index contributed by atoms with van der Waals surface area (Å²) in [6, 6.07) is 19.5. The molecule has 0 unspecified atom stereocenters. The maximum absolute atomic E-state index is 6.01. The second-order valence-corrected chi connectivity index (χ2v) is 9.44. The number of pyridine rings is 1. The first kappa shape index (κ1) is 22.0.